The number of aliphatic carboxylic acids is 1. The molecular formula is C103H168N8O36S. The Morgan fingerprint density at radius 3 is 1.61 bits per heavy atom. The number of benzene rings is 2. The molecule has 148 heavy (non-hydrogen) atoms. The van der Waals surface area contributed by atoms with Gasteiger partial charge >= 0.3 is 35.8 Å². The Morgan fingerprint density at radius 1 is 0.568 bits per heavy atom. The number of nitrogens with one attached hydrogen (secondary N) is 5. The van der Waals surface area contributed by atoms with E-state index >= 15 is 9.59 Å². The normalized spacial score (nSPS) is 23.2. The molecule has 14 N–H and O–H groups in total. The summed E-state index contributed by atoms with van der Waals surface area (Å²) in [6, 6.07) is 9.63. The molecule has 2 bridgehead atoms. The van der Waals surface area contributed by atoms with Crippen molar-refractivity contribution in [3.05, 3.63) is 70.9 Å². The molecule has 44 nitrogen and oxygen atoms in total. The number of fused-ring (bicyclic) bond motifs is 6. The molecule has 1 aliphatic carbocycles. The van der Waals surface area contributed by atoms with Crippen LogP contribution in [0.5, 0.6) is 5.75 Å². The van der Waals surface area contributed by atoms with Gasteiger partial charge in [0.1, 0.15) is 43.1 Å². The van der Waals surface area contributed by atoms with Gasteiger partial charge in [0.25, 0.3) is 5.91 Å². The molecule has 1 saturated carbocycles. The van der Waals surface area contributed by atoms with Crippen molar-refractivity contribution in [3.8, 4) is 5.75 Å². The number of hydrogen-bond donors (Lipinski definition) is 14. The summed E-state index contributed by atoms with van der Waals surface area (Å²) < 4.78 is 90.7. The maximum Gasteiger partial charge on any atom is 0.328 e. The second kappa shape index (κ2) is 66.5. The summed E-state index contributed by atoms with van der Waals surface area (Å²) in [7, 11) is 10.5. The van der Waals surface area contributed by atoms with Crippen LogP contribution in [0.1, 0.15) is 193 Å². The number of aliphatic hydroxyl groups is 8. The predicted octanol–water partition coefficient (Wildman–Crippen LogP) is 3.66. The number of aromatic nitrogens is 1. The average molecular weight is 2130 g/mol. The molecule has 19 atom stereocenters. The van der Waals surface area contributed by atoms with Crippen molar-refractivity contribution in [2.75, 3.05) is 218 Å². The number of carbonyl (C=O) groups excluding carboxylic acids is 9. The number of hydrogen-bond acceptors (Lipinski definition) is 39. The first-order valence-electron chi connectivity index (χ1n) is 51.4. The molecule has 3 fully saturated rings. The number of aromatic amines is 1. The Bertz CT molecular complexity index is 4510. The smallest absolute Gasteiger partial charge is 0.328 e. The van der Waals surface area contributed by atoms with Gasteiger partial charge in [-0.2, -0.15) is 11.8 Å². The van der Waals surface area contributed by atoms with Gasteiger partial charge in [0.05, 0.1) is 141 Å². The zero-order chi connectivity index (χ0) is 109. The number of ether oxygens (including phenoxy) is 17. The molecule has 45 heteroatoms. The molecule has 6 aliphatic rings. The van der Waals surface area contributed by atoms with E-state index in [1.54, 1.807) is 7.11 Å². The number of aliphatic hydroxyl groups excluding tert-OH is 6. The van der Waals surface area contributed by atoms with Crippen LogP contribution in [0.3, 0.4) is 0 Å². The molecule has 1 aromatic heterocycles. The molecule has 5 aliphatic heterocycles. The zero-order valence-corrected chi connectivity index (χ0v) is 89.9. The van der Waals surface area contributed by atoms with Crippen molar-refractivity contribution in [1.82, 2.24) is 36.1 Å². The van der Waals surface area contributed by atoms with Gasteiger partial charge in [-0.3, -0.25) is 53.0 Å². The van der Waals surface area contributed by atoms with Gasteiger partial charge in [0.2, 0.25) is 17.7 Å². The fraction of sp³-hybridized carbons (Fsp3) is 0.748. The first-order valence-corrected chi connectivity index (χ1v) is 52.8. The van der Waals surface area contributed by atoms with Crippen molar-refractivity contribution < 1.29 is 174 Å². The maximum atomic E-state index is 15.5. The van der Waals surface area contributed by atoms with E-state index in [4.69, 9.17) is 106 Å². The maximum absolute atomic E-state index is 15.5. The van der Waals surface area contributed by atoms with Crippen LogP contribution < -0.4 is 30.9 Å². The number of para-hydroxylation sites is 1. The fourth-order valence-electron chi connectivity index (χ4n) is 19.8. The van der Waals surface area contributed by atoms with E-state index in [0.29, 0.717) is 178 Å². The minimum Gasteiger partial charge on any atom is -0.496 e. The summed E-state index contributed by atoms with van der Waals surface area (Å²) in [5.41, 5.74) is -2.33. The third-order valence-corrected chi connectivity index (χ3v) is 28.2. The van der Waals surface area contributed by atoms with Gasteiger partial charge in [0, 0.05) is 165 Å². The van der Waals surface area contributed by atoms with Crippen LogP contribution in [-0.4, -0.2) is 418 Å². The third-order valence-electron chi connectivity index (χ3n) is 27.6. The van der Waals surface area contributed by atoms with E-state index in [0.717, 1.165) is 28.5 Å². The van der Waals surface area contributed by atoms with Gasteiger partial charge in [-0.15, -0.1) is 0 Å². The van der Waals surface area contributed by atoms with Crippen LogP contribution in [0.4, 0.5) is 5.69 Å². The van der Waals surface area contributed by atoms with Crippen LogP contribution in [0.15, 0.2) is 48.6 Å². The molecule has 6 heterocycles. The Balaban J connectivity index is 0.000000413. The second-order valence-corrected chi connectivity index (χ2v) is 38.3. The number of thioether (sulfide) groups is 1. The molecule has 1 spiro atoms. The summed E-state index contributed by atoms with van der Waals surface area (Å²) in [6.45, 7) is 18.6. The van der Waals surface area contributed by atoms with E-state index in [9.17, 15) is 58.8 Å². The number of rotatable bonds is 65. The highest BCUT2D eigenvalue weighted by atomic mass is 32.2. The van der Waals surface area contributed by atoms with Crippen molar-refractivity contribution in [2.45, 2.75) is 273 Å². The largest absolute Gasteiger partial charge is 0.496 e. The quantitative estimate of drug-likeness (QED) is 0.0126. The van der Waals surface area contributed by atoms with Crippen LogP contribution in [0.25, 0.3) is 10.9 Å². The molecular weight excluding hydrogens is 1960 g/mol. The number of methoxy groups -OCH3 is 6. The Morgan fingerprint density at radius 2 is 1.09 bits per heavy atom. The topological polar surface area (TPSA) is 583 Å². The SMILES string of the molecule is CCC(CO)OC(CO)OC.CCC(CO)OC(COC(=O)CCC(=O)NCCCOCCOCCOCCCNC(=O)CSC)OC.CCC(CO)OC(COC(=O)CCC(=O)O)OC.CCC(CO)OC(COC(=O)CCCC(=O)NC(C)C(=O)OCCCNC(=O)[C@]1(O)C2N(C)c3cc(OC)c([C@@]4(C(=O)OC)CC5CN(CCc6c4[nH]c4ccccc64)CC(O)(CC)C5)cc3C23CCN2CC=C[C@](CC)(C23)[C@H]1O)OC. The molecule has 2 saturated heterocycles. The Hall–Kier alpha value is -8.47. The molecule has 4 amide bonds. The summed E-state index contributed by atoms with van der Waals surface area (Å²) in [4.78, 5) is 135. The number of likely N-dealkylation sites (N-methyl/N-ethyl adjacent to an activating group) is 1. The zero-order valence-electron chi connectivity index (χ0n) is 89.0. The molecule has 15 unspecified atom stereocenters. The molecule has 842 valence electrons. The third kappa shape index (κ3) is 36.4. The summed E-state index contributed by atoms with van der Waals surface area (Å²) in [6.07, 6.45) is 6.15. The molecule has 3 aromatic rings. The highest BCUT2D eigenvalue weighted by Crippen LogP contribution is 2.68. The highest BCUT2D eigenvalue weighted by Gasteiger charge is 2.79. The Kier molecular flexibility index (Phi) is 57.6. The van der Waals surface area contributed by atoms with Gasteiger partial charge in [-0.1, -0.05) is 71.9 Å². The average Bonchev–Trinajstić information content (AvgIpc) is 1.48. The summed E-state index contributed by atoms with van der Waals surface area (Å²) >= 11 is 1.49. The van der Waals surface area contributed by atoms with Crippen LogP contribution in [0.2, 0.25) is 0 Å². The second-order valence-electron chi connectivity index (χ2n) is 37.4. The first kappa shape index (κ1) is 128. The van der Waals surface area contributed by atoms with Crippen molar-refractivity contribution >= 4 is 87.8 Å². The van der Waals surface area contributed by atoms with Crippen molar-refractivity contribution in [2.24, 2.45) is 11.3 Å². The molecule has 2 aromatic carbocycles. The van der Waals surface area contributed by atoms with Gasteiger partial charge in [-0.05, 0) is 139 Å². The monoisotopic (exact) mass is 2130 g/mol. The van der Waals surface area contributed by atoms with Crippen LogP contribution in [0, 0.1) is 11.3 Å². The van der Waals surface area contributed by atoms with Gasteiger partial charge in [-0.25, -0.2) is 4.79 Å². The predicted molar refractivity (Wildman–Crippen MR) is 543 cm³/mol. The minimum atomic E-state index is -2.42. The highest BCUT2D eigenvalue weighted by molar-refractivity contribution is 7.99. The lowest BCUT2D eigenvalue weighted by Gasteiger charge is -2.63. The number of H-pyrrole nitrogens is 1. The standard InChI is InChI=1S/C61H86N6O15.C24H46N2O10S.C11H20O7.C7H16O4/c1-9-39(34-68)82-49(78-7)35-81-48(70)20-14-19-47(69)63-37(4)51(71)80-28-16-24-62-55(73)61(76)53-59(23-27-67-25-15-22-58(11-3,52(59)67)54(61)72)42-29-43(46(77-6)30-45(42)65(53)5)60(56(74)79-8)32-38-31-57(75,10-2)36-66(33-38)26-21-41-40-17-12-13-18-44(40)64-50(41)60;1-4-20(17-27)36-24(31-2)18-35-23(30)8-7-21(28)25-9-5-11-32-13-15-34-16-14-33-12-6-10-26-22(29)19-37-3;1-3-8(6-12)18-11(16-2)7-17-10(15)5-4-9(13)14;1-3-6(4-8)11-7(5-9)10-2/h12-13,15,17-18,22,29-30,37-39,49,52-54,64,68,72,75-76H,9-11,14,16,19-21,23-28,31-36H2,1-8H3,(H,62,73)(H,63,69);20,24,27H,4-19H2,1-3H3,(H,25,28)(H,26,29);8,11-12H,3-7H2,1-2H3,(H,13,14);6-9H,3-5H2,1-2H3/t37?,38?,39?,49?,52?,53?,54-,57?,58-,59?,60+,61+;;;/m1.../s1. The number of carboxylic acids is 1. The van der Waals surface area contributed by atoms with Crippen LogP contribution >= 0.6 is 11.8 Å². The lowest BCUT2D eigenvalue weighted by molar-refractivity contribution is -0.203. The van der Waals surface area contributed by atoms with Crippen molar-refractivity contribution in [1.29, 1.82) is 0 Å². The number of nitrogens with zero attached hydrogens (tertiary/aromatic N) is 3. The van der Waals surface area contributed by atoms with E-state index < -0.39 is 131 Å². The number of carboxylic acid groups (broad SMARTS) is 1. The summed E-state index contributed by atoms with van der Waals surface area (Å²) in [5.74, 6) is -4.69. The lowest BCUT2D eigenvalue weighted by Crippen LogP contribution is -2.81. The summed E-state index contributed by atoms with van der Waals surface area (Å²) in [5, 5.41) is 104. The molecule has 0 radical (unpaired) electrons. The van der Waals surface area contributed by atoms with Crippen LogP contribution in [-0.2, 0) is 141 Å². The lowest BCUT2D eigenvalue weighted by atomic mass is 9.47. The Labute approximate surface area is 872 Å². The number of anilines is 1. The first-order chi connectivity index (χ1) is 71.0. The number of piperidine rings is 1. The van der Waals surface area contributed by atoms with E-state index in [1.165, 1.54) is 54.2 Å². The number of amides is 4. The van der Waals surface area contributed by atoms with Crippen molar-refractivity contribution in [3.63, 3.8) is 0 Å². The van der Waals surface area contributed by atoms with E-state index in [-0.39, 0.29) is 160 Å². The van der Waals surface area contributed by atoms with E-state index in [1.807, 2.05) is 96.2 Å². The van der Waals surface area contributed by atoms with Gasteiger partial charge in [0.15, 0.2) is 30.8 Å². The van der Waals surface area contributed by atoms with Gasteiger partial charge < -0.3 is 158 Å². The number of esters is 5. The molecule has 9 rings (SSSR count). The minimum absolute atomic E-state index is 0.0228. The fourth-order valence-corrected chi connectivity index (χ4v) is 20.2. The van der Waals surface area contributed by atoms with E-state index in [2.05, 4.69) is 48.2 Å². The number of carbonyl (C=O) groups is 10.